The molecule has 4 heteroatoms. The first-order valence-electron chi connectivity index (χ1n) is 6.22. The van der Waals surface area contributed by atoms with Crippen LogP contribution in [-0.4, -0.2) is 24.5 Å². The molecule has 0 saturated carbocycles. The van der Waals surface area contributed by atoms with E-state index < -0.39 is 0 Å². The Morgan fingerprint density at radius 2 is 2.17 bits per heavy atom. The average molecular weight is 269 g/mol. The molecule has 1 rings (SSSR count). The summed E-state index contributed by atoms with van der Waals surface area (Å²) >= 11 is 6.02. The molecule has 1 N–H and O–H groups in total. The lowest BCUT2D eigenvalue weighted by Crippen LogP contribution is -2.34. The average Bonchev–Trinajstić information content (AvgIpc) is 2.33. The number of urea groups is 1. The third-order valence-electron chi connectivity index (χ3n) is 3.05. The predicted octanol–water partition coefficient (Wildman–Crippen LogP) is 4.16. The Morgan fingerprint density at radius 1 is 1.50 bits per heavy atom. The minimum Gasteiger partial charge on any atom is -0.327 e. The van der Waals surface area contributed by atoms with Crippen LogP contribution in [0.3, 0.4) is 0 Å². The molecule has 0 heterocycles. The van der Waals surface area contributed by atoms with Crippen molar-refractivity contribution in [2.75, 3.05) is 18.9 Å². The van der Waals surface area contributed by atoms with Crippen molar-refractivity contribution in [3.8, 4) is 0 Å². The van der Waals surface area contributed by atoms with E-state index in [1.807, 2.05) is 19.1 Å². The number of aryl methyl sites for hydroxylation is 1. The van der Waals surface area contributed by atoms with E-state index in [0.29, 0.717) is 10.9 Å². The molecular formula is C14H21ClN2O. The normalized spacial score (nSPS) is 12.1. The summed E-state index contributed by atoms with van der Waals surface area (Å²) in [5, 5.41) is 3.51. The van der Waals surface area contributed by atoms with E-state index >= 15 is 0 Å². The maximum atomic E-state index is 11.9. The fourth-order valence-corrected chi connectivity index (χ4v) is 1.75. The van der Waals surface area contributed by atoms with Gasteiger partial charge in [-0.1, -0.05) is 37.9 Å². The van der Waals surface area contributed by atoms with Crippen molar-refractivity contribution in [3.63, 3.8) is 0 Å². The summed E-state index contributed by atoms with van der Waals surface area (Å²) in [5.41, 5.74) is 1.73. The smallest absolute Gasteiger partial charge is 0.321 e. The fraction of sp³-hybridized carbons (Fsp3) is 0.500. The lowest BCUT2D eigenvalue weighted by Gasteiger charge is -2.21. The van der Waals surface area contributed by atoms with E-state index in [0.717, 1.165) is 24.2 Å². The molecule has 2 amide bonds. The fourth-order valence-electron chi connectivity index (χ4n) is 1.57. The van der Waals surface area contributed by atoms with Gasteiger partial charge >= 0.3 is 6.03 Å². The number of carbonyl (C=O) groups is 1. The van der Waals surface area contributed by atoms with Crippen molar-refractivity contribution in [3.05, 3.63) is 28.8 Å². The maximum Gasteiger partial charge on any atom is 0.321 e. The zero-order valence-electron chi connectivity index (χ0n) is 11.5. The third-order valence-corrected chi connectivity index (χ3v) is 3.46. The second kappa shape index (κ2) is 6.64. The van der Waals surface area contributed by atoms with Crippen molar-refractivity contribution in [2.24, 2.45) is 5.92 Å². The predicted molar refractivity (Wildman–Crippen MR) is 77.3 cm³/mol. The summed E-state index contributed by atoms with van der Waals surface area (Å²) in [5.74, 6) is 0.502. The Balaban J connectivity index is 2.61. The van der Waals surface area contributed by atoms with Crippen molar-refractivity contribution in [2.45, 2.75) is 27.2 Å². The highest BCUT2D eigenvalue weighted by molar-refractivity contribution is 6.31. The first kappa shape index (κ1) is 14.8. The van der Waals surface area contributed by atoms with Crippen LogP contribution < -0.4 is 5.32 Å². The van der Waals surface area contributed by atoms with Crippen LogP contribution in [0.4, 0.5) is 10.5 Å². The van der Waals surface area contributed by atoms with Crippen LogP contribution in [0.5, 0.6) is 0 Å². The van der Waals surface area contributed by atoms with Crippen molar-refractivity contribution >= 4 is 23.3 Å². The van der Waals surface area contributed by atoms with Crippen molar-refractivity contribution in [1.82, 2.24) is 4.90 Å². The highest BCUT2D eigenvalue weighted by Crippen LogP contribution is 2.20. The van der Waals surface area contributed by atoms with Gasteiger partial charge in [0.15, 0.2) is 0 Å². The lowest BCUT2D eigenvalue weighted by molar-refractivity contribution is 0.215. The molecule has 0 spiro atoms. The summed E-state index contributed by atoms with van der Waals surface area (Å²) in [4.78, 5) is 13.6. The van der Waals surface area contributed by atoms with Crippen LogP contribution in [0.15, 0.2) is 18.2 Å². The number of benzene rings is 1. The van der Waals surface area contributed by atoms with E-state index in [1.165, 1.54) is 0 Å². The molecule has 1 atom stereocenters. The standard InChI is InChI=1S/C14H21ClN2O/c1-5-10(2)9-17(4)14(18)16-12-7-6-11(3)13(15)8-12/h6-8,10H,5,9H2,1-4H3,(H,16,18). The topological polar surface area (TPSA) is 32.3 Å². The van der Waals surface area contributed by atoms with E-state index in [2.05, 4.69) is 19.2 Å². The molecule has 3 nitrogen and oxygen atoms in total. The monoisotopic (exact) mass is 268 g/mol. The molecule has 0 bridgehead atoms. The SMILES string of the molecule is CCC(C)CN(C)C(=O)Nc1ccc(C)c(Cl)c1. The summed E-state index contributed by atoms with van der Waals surface area (Å²) in [6.45, 7) is 6.94. The van der Waals surface area contributed by atoms with Crippen molar-refractivity contribution in [1.29, 1.82) is 0 Å². The molecule has 0 saturated heterocycles. The quantitative estimate of drug-likeness (QED) is 0.874. The molecule has 18 heavy (non-hydrogen) atoms. The molecule has 0 aliphatic carbocycles. The van der Waals surface area contributed by atoms with Gasteiger partial charge in [0, 0.05) is 24.3 Å². The van der Waals surface area contributed by atoms with Crippen LogP contribution in [-0.2, 0) is 0 Å². The molecule has 1 unspecified atom stereocenters. The summed E-state index contributed by atoms with van der Waals surface area (Å²) in [6, 6.07) is 5.42. The minimum absolute atomic E-state index is 0.102. The molecule has 0 aliphatic rings. The summed E-state index contributed by atoms with van der Waals surface area (Å²) < 4.78 is 0. The van der Waals surface area contributed by atoms with Gasteiger partial charge in [0.2, 0.25) is 0 Å². The molecule has 0 radical (unpaired) electrons. The molecule has 0 aromatic heterocycles. The lowest BCUT2D eigenvalue weighted by atomic mass is 10.1. The maximum absolute atomic E-state index is 11.9. The van der Waals surface area contributed by atoms with E-state index in [1.54, 1.807) is 18.0 Å². The summed E-state index contributed by atoms with van der Waals surface area (Å²) in [6.07, 6.45) is 1.06. The Labute approximate surface area is 114 Å². The van der Waals surface area contributed by atoms with Crippen LogP contribution in [0.2, 0.25) is 5.02 Å². The molecule has 0 aliphatic heterocycles. The first-order chi connectivity index (χ1) is 8.43. The Hall–Kier alpha value is -1.22. The zero-order chi connectivity index (χ0) is 13.7. The van der Waals surface area contributed by atoms with Gasteiger partial charge in [0.25, 0.3) is 0 Å². The second-order valence-corrected chi connectivity index (χ2v) is 5.20. The van der Waals surface area contributed by atoms with E-state index in [9.17, 15) is 4.79 Å². The highest BCUT2D eigenvalue weighted by atomic mass is 35.5. The highest BCUT2D eigenvalue weighted by Gasteiger charge is 2.11. The van der Waals surface area contributed by atoms with Crippen LogP contribution in [0.25, 0.3) is 0 Å². The molecule has 0 fully saturated rings. The van der Waals surface area contributed by atoms with Gasteiger partial charge in [-0.15, -0.1) is 0 Å². The number of anilines is 1. The number of amides is 2. The number of nitrogens with zero attached hydrogens (tertiary/aromatic N) is 1. The second-order valence-electron chi connectivity index (χ2n) is 4.79. The number of halogens is 1. The number of hydrogen-bond acceptors (Lipinski definition) is 1. The van der Waals surface area contributed by atoms with E-state index in [4.69, 9.17) is 11.6 Å². The number of carbonyl (C=O) groups excluding carboxylic acids is 1. The number of nitrogens with one attached hydrogen (secondary N) is 1. The van der Waals surface area contributed by atoms with Crippen molar-refractivity contribution < 1.29 is 4.79 Å². The molecule has 1 aromatic rings. The van der Waals surface area contributed by atoms with Crippen LogP contribution in [0, 0.1) is 12.8 Å². The number of rotatable bonds is 4. The Kier molecular flexibility index (Phi) is 5.48. The van der Waals surface area contributed by atoms with Gasteiger partial charge in [-0.2, -0.15) is 0 Å². The molecular weight excluding hydrogens is 248 g/mol. The van der Waals surface area contributed by atoms with Gasteiger partial charge in [0.05, 0.1) is 0 Å². The molecule has 1 aromatic carbocycles. The molecule has 100 valence electrons. The summed E-state index contributed by atoms with van der Waals surface area (Å²) in [7, 11) is 1.80. The third kappa shape index (κ3) is 4.22. The Bertz CT molecular complexity index is 420. The van der Waals surface area contributed by atoms with E-state index in [-0.39, 0.29) is 6.03 Å². The van der Waals surface area contributed by atoms with Crippen LogP contribution >= 0.6 is 11.6 Å². The van der Waals surface area contributed by atoms with Gasteiger partial charge in [-0.25, -0.2) is 4.79 Å². The minimum atomic E-state index is -0.102. The first-order valence-corrected chi connectivity index (χ1v) is 6.60. The van der Waals surface area contributed by atoms with Crippen LogP contribution in [0.1, 0.15) is 25.8 Å². The van der Waals surface area contributed by atoms with Gasteiger partial charge in [-0.3, -0.25) is 0 Å². The zero-order valence-corrected chi connectivity index (χ0v) is 12.2. The van der Waals surface area contributed by atoms with Gasteiger partial charge in [-0.05, 0) is 30.5 Å². The largest absolute Gasteiger partial charge is 0.327 e. The Morgan fingerprint density at radius 3 is 2.72 bits per heavy atom. The van der Waals surface area contributed by atoms with Gasteiger partial charge < -0.3 is 10.2 Å². The van der Waals surface area contributed by atoms with Gasteiger partial charge in [0.1, 0.15) is 0 Å². The number of hydrogen-bond donors (Lipinski definition) is 1.